The summed E-state index contributed by atoms with van der Waals surface area (Å²) in [6.45, 7) is 3.85. The second kappa shape index (κ2) is 5.76. The number of aliphatic hydroxyl groups is 1. The van der Waals surface area contributed by atoms with Gasteiger partial charge in [-0.05, 0) is 37.1 Å². The second-order valence-electron chi connectivity index (χ2n) is 6.38. The molecule has 1 aromatic carbocycles. The molecule has 0 radical (unpaired) electrons. The molecule has 3 N–H and O–H groups in total. The fourth-order valence-electron chi connectivity index (χ4n) is 2.97. The quantitative estimate of drug-likeness (QED) is 0.688. The molecule has 0 aromatic heterocycles. The predicted octanol–water partition coefficient (Wildman–Crippen LogP) is 0.251. The topological polar surface area (TPSA) is 98.7 Å². The molecule has 2 aliphatic rings. The minimum absolute atomic E-state index is 0.0310. The lowest BCUT2D eigenvalue weighted by Gasteiger charge is -2.32. The number of nitrogens with zero attached hydrogens (tertiary/aromatic N) is 1. The van der Waals surface area contributed by atoms with Gasteiger partial charge in [0.1, 0.15) is 5.70 Å². The number of hydrogen-bond donors (Lipinski definition) is 3. The molecule has 7 nitrogen and oxygen atoms in total. The average Bonchev–Trinajstić information content (AvgIpc) is 2.80. The minimum atomic E-state index is -0.669. The fourth-order valence-corrected chi connectivity index (χ4v) is 2.97. The Morgan fingerprint density at radius 1 is 1.29 bits per heavy atom. The molecule has 0 atom stereocenters. The third-order valence-electron chi connectivity index (χ3n) is 4.40. The molecule has 3 amide bonds. The van der Waals surface area contributed by atoms with Crippen LogP contribution in [0.2, 0.25) is 0 Å². The first-order chi connectivity index (χ1) is 11.3. The summed E-state index contributed by atoms with van der Waals surface area (Å²) in [5, 5.41) is 14.7. The van der Waals surface area contributed by atoms with Crippen molar-refractivity contribution in [3.05, 3.63) is 41.1 Å². The SMILES string of the molecule is CC1(C)C(=O)NCc2ccc(NC3=CC(=O)N(CCO)C3=O)cc21. The van der Waals surface area contributed by atoms with E-state index in [0.717, 1.165) is 16.0 Å². The van der Waals surface area contributed by atoms with Crippen LogP contribution < -0.4 is 10.6 Å². The van der Waals surface area contributed by atoms with Crippen molar-refractivity contribution in [1.29, 1.82) is 0 Å². The molecule has 0 saturated carbocycles. The Labute approximate surface area is 139 Å². The minimum Gasteiger partial charge on any atom is -0.395 e. The summed E-state index contributed by atoms with van der Waals surface area (Å²) in [7, 11) is 0. The van der Waals surface area contributed by atoms with Gasteiger partial charge in [0.25, 0.3) is 11.8 Å². The maximum atomic E-state index is 12.2. The molecular formula is C17H19N3O4. The van der Waals surface area contributed by atoms with Crippen LogP contribution in [-0.4, -0.2) is 40.9 Å². The molecule has 2 heterocycles. The van der Waals surface area contributed by atoms with Crippen molar-refractivity contribution in [2.45, 2.75) is 25.8 Å². The number of amides is 3. The molecular weight excluding hydrogens is 310 g/mol. The number of fused-ring (bicyclic) bond motifs is 1. The van der Waals surface area contributed by atoms with Crippen molar-refractivity contribution in [2.75, 3.05) is 18.5 Å². The molecule has 24 heavy (non-hydrogen) atoms. The molecule has 1 aromatic rings. The molecule has 126 valence electrons. The van der Waals surface area contributed by atoms with Crippen molar-refractivity contribution in [1.82, 2.24) is 10.2 Å². The Bertz CT molecular complexity index is 767. The number of nitrogens with one attached hydrogen (secondary N) is 2. The Balaban J connectivity index is 1.87. The summed E-state index contributed by atoms with van der Waals surface area (Å²) >= 11 is 0. The van der Waals surface area contributed by atoms with Gasteiger partial charge in [0.15, 0.2) is 0 Å². The number of β-amino-alcohol motifs (C(OH)–C–C–N with tert-alkyl or cyclic N) is 1. The second-order valence-corrected chi connectivity index (χ2v) is 6.38. The Morgan fingerprint density at radius 3 is 2.75 bits per heavy atom. The van der Waals surface area contributed by atoms with Gasteiger partial charge in [-0.2, -0.15) is 0 Å². The highest BCUT2D eigenvalue weighted by Gasteiger charge is 2.36. The summed E-state index contributed by atoms with van der Waals surface area (Å²) in [6, 6.07) is 5.53. The Kier molecular flexibility index (Phi) is 3.88. The summed E-state index contributed by atoms with van der Waals surface area (Å²) in [6.07, 6.45) is 1.22. The average molecular weight is 329 g/mol. The maximum Gasteiger partial charge on any atom is 0.277 e. The van der Waals surface area contributed by atoms with Crippen molar-refractivity contribution in [3.8, 4) is 0 Å². The van der Waals surface area contributed by atoms with Crippen molar-refractivity contribution < 1.29 is 19.5 Å². The number of benzene rings is 1. The normalized spacial score (nSPS) is 19.0. The summed E-state index contributed by atoms with van der Waals surface area (Å²) < 4.78 is 0. The van der Waals surface area contributed by atoms with E-state index in [2.05, 4.69) is 10.6 Å². The number of rotatable bonds is 4. The van der Waals surface area contributed by atoms with E-state index in [-0.39, 0.29) is 24.8 Å². The molecule has 0 saturated heterocycles. The monoisotopic (exact) mass is 329 g/mol. The highest BCUT2D eigenvalue weighted by atomic mass is 16.3. The first-order valence-electron chi connectivity index (χ1n) is 7.71. The van der Waals surface area contributed by atoms with Gasteiger partial charge in [0.2, 0.25) is 5.91 Å². The fraction of sp³-hybridized carbons (Fsp3) is 0.353. The van der Waals surface area contributed by atoms with Crippen LogP contribution in [0.4, 0.5) is 5.69 Å². The summed E-state index contributed by atoms with van der Waals surface area (Å²) in [4.78, 5) is 37.0. The van der Waals surface area contributed by atoms with Crippen LogP contribution in [-0.2, 0) is 26.3 Å². The Morgan fingerprint density at radius 2 is 2.04 bits per heavy atom. The van der Waals surface area contributed by atoms with E-state index < -0.39 is 17.2 Å². The number of hydrogen-bond acceptors (Lipinski definition) is 5. The van der Waals surface area contributed by atoms with Crippen LogP contribution in [0.5, 0.6) is 0 Å². The van der Waals surface area contributed by atoms with Gasteiger partial charge < -0.3 is 15.7 Å². The molecule has 7 heteroatoms. The van der Waals surface area contributed by atoms with E-state index in [0.29, 0.717) is 12.2 Å². The first kappa shape index (κ1) is 16.2. The van der Waals surface area contributed by atoms with Crippen molar-refractivity contribution in [3.63, 3.8) is 0 Å². The van der Waals surface area contributed by atoms with E-state index in [4.69, 9.17) is 5.11 Å². The number of aliphatic hydroxyl groups excluding tert-OH is 1. The largest absolute Gasteiger partial charge is 0.395 e. The van der Waals surface area contributed by atoms with Crippen LogP contribution in [0.3, 0.4) is 0 Å². The van der Waals surface area contributed by atoms with E-state index in [1.807, 2.05) is 26.0 Å². The van der Waals surface area contributed by atoms with E-state index >= 15 is 0 Å². The number of carbonyl (C=O) groups is 3. The van der Waals surface area contributed by atoms with Crippen LogP contribution in [0.1, 0.15) is 25.0 Å². The predicted molar refractivity (Wildman–Crippen MR) is 86.8 cm³/mol. The smallest absolute Gasteiger partial charge is 0.277 e. The van der Waals surface area contributed by atoms with Crippen LogP contribution in [0, 0.1) is 0 Å². The highest BCUT2D eigenvalue weighted by Crippen LogP contribution is 2.33. The molecule has 0 spiro atoms. The van der Waals surface area contributed by atoms with Gasteiger partial charge in [-0.15, -0.1) is 0 Å². The lowest BCUT2D eigenvalue weighted by Crippen LogP contribution is -2.44. The van der Waals surface area contributed by atoms with E-state index in [1.165, 1.54) is 6.08 Å². The number of carbonyl (C=O) groups excluding carboxylic acids is 3. The van der Waals surface area contributed by atoms with Gasteiger partial charge in [0.05, 0.1) is 18.6 Å². The van der Waals surface area contributed by atoms with Gasteiger partial charge in [-0.3, -0.25) is 19.3 Å². The van der Waals surface area contributed by atoms with Gasteiger partial charge in [-0.25, -0.2) is 0 Å². The Hall–Kier alpha value is -2.67. The standard InChI is InChI=1S/C17H19N3O4/c1-17(2)12-7-11(4-3-10(12)9-18-16(17)24)19-13-8-14(22)20(5-6-21)15(13)23/h3-4,7-8,19,21H,5-6,9H2,1-2H3,(H,18,24). The van der Waals surface area contributed by atoms with Crippen molar-refractivity contribution >= 4 is 23.4 Å². The van der Waals surface area contributed by atoms with Crippen molar-refractivity contribution in [2.24, 2.45) is 0 Å². The summed E-state index contributed by atoms with van der Waals surface area (Å²) in [5.41, 5.74) is 2.04. The zero-order chi connectivity index (χ0) is 17.5. The molecule has 3 rings (SSSR count). The van der Waals surface area contributed by atoms with E-state index in [1.54, 1.807) is 6.07 Å². The third-order valence-corrected chi connectivity index (χ3v) is 4.40. The van der Waals surface area contributed by atoms with Crippen LogP contribution in [0.15, 0.2) is 30.0 Å². The molecule has 0 bridgehead atoms. The lowest BCUT2D eigenvalue weighted by atomic mass is 9.78. The first-order valence-corrected chi connectivity index (χ1v) is 7.71. The van der Waals surface area contributed by atoms with Crippen LogP contribution >= 0.6 is 0 Å². The molecule has 0 unspecified atom stereocenters. The van der Waals surface area contributed by atoms with Gasteiger partial charge in [-0.1, -0.05) is 6.07 Å². The highest BCUT2D eigenvalue weighted by molar-refractivity contribution is 6.17. The maximum absolute atomic E-state index is 12.2. The lowest BCUT2D eigenvalue weighted by molar-refractivity contribution is -0.137. The number of anilines is 1. The molecule has 2 aliphatic heterocycles. The van der Waals surface area contributed by atoms with Gasteiger partial charge >= 0.3 is 0 Å². The zero-order valence-corrected chi connectivity index (χ0v) is 13.5. The number of imide groups is 1. The molecule has 0 aliphatic carbocycles. The third kappa shape index (κ3) is 2.56. The van der Waals surface area contributed by atoms with E-state index in [9.17, 15) is 14.4 Å². The van der Waals surface area contributed by atoms with Gasteiger partial charge in [0, 0.05) is 18.3 Å². The summed E-state index contributed by atoms with van der Waals surface area (Å²) in [5.74, 6) is -0.967. The molecule has 0 fully saturated rings. The van der Waals surface area contributed by atoms with Crippen LogP contribution in [0.25, 0.3) is 0 Å². The zero-order valence-electron chi connectivity index (χ0n) is 13.5.